The quantitative estimate of drug-likeness (QED) is 0.247. The lowest BCUT2D eigenvalue weighted by atomic mass is 10.2. The number of amides is 3. The van der Waals surface area contributed by atoms with Gasteiger partial charge in [0.2, 0.25) is 12.7 Å². The van der Waals surface area contributed by atoms with Crippen LogP contribution in [0.25, 0.3) is 6.08 Å². The van der Waals surface area contributed by atoms with Gasteiger partial charge in [-0.25, -0.2) is 0 Å². The standard InChI is InChI=1S/C22H18N4O7S2/c27-19(23-24-20(28)14-3-1-4-15(11-14)26(30)31)5-2-8-25-21(29)18(35-22(25)34)10-13-6-7-16-17(9-13)33-12-32-16/h1,3-4,6-7,9-11H,2,5,8,12H2,(H,23,27)(H,24,28)/b18-10-. The summed E-state index contributed by atoms with van der Waals surface area (Å²) in [5, 5.41) is 10.8. The molecule has 2 N–H and O–H groups in total. The molecule has 180 valence electrons. The first-order valence-corrected chi connectivity index (χ1v) is 11.5. The summed E-state index contributed by atoms with van der Waals surface area (Å²) in [5.41, 5.74) is 5.04. The summed E-state index contributed by atoms with van der Waals surface area (Å²) in [6.07, 6.45) is 2.05. The Morgan fingerprint density at radius 3 is 2.77 bits per heavy atom. The number of hydrazine groups is 1. The summed E-state index contributed by atoms with van der Waals surface area (Å²) < 4.78 is 11.0. The molecule has 2 aromatic carbocycles. The zero-order valence-electron chi connectivity index (χ0n) is 18.0. The molecule has 1 fully saturated rings. The van der Waals surface area contributed by atoms with E-state index in [4.69, 9.17) is 21.7 Å². The van der Waals surface area contributed by atoms with Crippen LogP contribution >= 0.6 is 24.0 Å². The second-order valence-corrected chi connectivity index (χ2v) is 9.04. The molecule has 2 aliphatic heterocycles. The molecular formula is C22H18N4O7S2. The van der Waals surface area contributed by atoms with Gasteiger partial charge in [0.25, 0.3) is 17.5 Å². The highest BCUT2D eigenvalue weighted by Gasteiger charge is 2.31. The van der Waals surface area contributed by atoms with Gasteiger partial charge in [0.15, 0.2) is 11.5 Å². The molecule has 0 saturated carbocycles. The Bertz CT molecular complexity index is 1260. The van der Waals surface area contributed by atoms with Crippen molar-refractivity contribution in [2.24, 2.45) is 0 Å². The fourth-order valence-electron chi connectivity index (χ4n) is 3.27. The van der Waals surface area contributed by atoms with Gasteiger partial charge in [0.1, 0.15) is 4.32 Å². The normalized spacial score (nSPS) is 15.4. The van der Waals surface area contributed by atoms with E-state index in [-0.39, 0.29) is 36.9 Å². The highest BCUT2D eigenvalue weighted by Crippen LogP contribution is 2.36. The summed E-state index contributed by atoms with van der Waals surface area (Å²) in [5.74, 6) is -0.165. The molecule has 2 aromatic rings. The zero-order chi connectivity index (χ0) is 24.9. The number of ether oxygens (including phenoxy) is 2. The molecule has 2 aliphatic rings. The van der Waals surface area contributed by atoms with Crippen LogP contribution in [0.1, 0.15) is 28.8 Å². The Labute approximate surface area is 208 Å². The smallest absolute Gasteiger partial charge is 0.270 e. The van der Waals surface area contributed by atoms with Crippen LogP contribution in [0.15, 0.2) is 47.4 Å². The maximum atomic E-state index is 12.8. The first kappa shape index (κ1) is 24.2. The monoisotopic (exact) mass is 514 g/mol. The maximum absolute atomic E-state index is 12.8. The van der Waals surface area contributed by atoms with Crippen LogP contribution in [0.4, 0.5) is 5.69 Å². The number of hydrogen-bond donors (Lipinski definition) is 2. The number of nitro benzene ring substituents is 1. The molecule has 0 atom stereocenters. The summed E-state index contributed by atoms with van der Waals surface area (Å²) in [6, 6.07) is 10.5. The van der Waals surface area contributed by atoms with E-state index in [1.54, 1.807) is 18.2 Å². The maximum Gasteiger partial charge on any atom is 0.270 e. The van der Waals surface area contributed by atoms with E-state index in [0.29, 0.717) is 27.1 Å². The van der Waals surface area contributed by atoms with Crippen LogP contribution in [0.2, 0.25) is 0 Å². The molecule has 35 heavy (non-hydrogen) atoms. The lowest BCUT2D eigenvalue weighted by molar-refractivity contribution is -0.384. The van der Waals surface area contributed by atoms with Gasteiger partial charge in [0.05, 0.1) is 9.83 Å². The third-order valence-electron chi connectivity index (χ3n) is 4.99. The molecule has 13 heteroatoms. The molecule has 3 amide bonds. The molecule has 11 nitrogen and oxygen atoms in total. The minimum absolute atomic E-state index is 0.0213. The first-order valence-electron chi connectivity index (χ1n) is 10.3. The molecule has 4 rings (SSSR count). The summed E-state index contributed by atoms with van der Waals surface area (Å²) in [4.78, 5) is 49.0. The third kappa shape index (κ3) is 5.75. The number of thioether (sulfide) groups is 1. The second kappa shape index (κ2) is 10.5. The Morgan fingerprint density at radius 2 is 1.97 bits per heavy atom. The van der Waals surface area contributed by atoms with Crippen molar-refractivity contribution in [3.63, 3.8) is 0 Å². The fraction of sp³-hybridized carbons (Fsp3) is 0.182. The number of carbonyl (C=O) groups excluding carboxylic acids is 3. The fourth-order valence-corrected chi connectivity index (χ4v) is 4.58. The molecule has 0 radical (unpaired) electrons. The number of fused-ring (bicyclic) bond motifs is 1. The van der Waals surface area contributed by atoms with E-state index in [9.17, 15) is 24.5 Å². The number of thiocarbonyl (C=S) groups is 1. The first-order chi connectivity index (χ1) is 16.8. The van der Waals surface area contributed by atoms with Gasteiger partial charge in [-0.2, -0.15) is 0 Å². The van der Waals surface area contributed by atoms with Crippen molar-refractivity contribution in [2.45, 2.75) is 12.8 Å². The Kier molecular flexibility index (Phi) is 7.27. The lowest BCUT2D eigenvalue weighted by Crippen LogP contribution is -2.41. The predicted octanol–water partition coefficient (Wildman–Crippen LogP) is 2.77. The minimum atomic E-state index is -0.687. The van der Waals surface area contributed by atoms with Crippen LogP contribution in [0.5, 0.6) is 11.5 Å². The number of non-ortho nitro benzene ring substituents is 1. The number of nitrogens with one attached hydrogen (secondary N) is 2. The average molecular weight is 515 g/mol. The van der Waals surface area contributed by atoms with Gasteiger partial charge in [-0.15, -0.1) is 0 Å². The average Bonchev–Trinajstić information content (AvgIpc) is 3.42. The van der Waals surface area contributed by atoms with E-state index in [1.165, 1.54) is 34.9 Å². The highest BCUT2D eigenvalue weighted by molar-refractivity contribution is 8.26. The third-order valence-corrected chi connectivity index (χ3v) is 6.37. The minimum Gasteiger partial charge on any atom is -0.454 e. The lowest BCUT2D eigenvalue weighted by Gasteiger charge is -2.14. The van der Waals surface area contributed by atoms with Gasteiger partial charge >= 0.3 is 0 Å². The SMILES string of the molecule is O=C(CCCN1C(=O)/C(=C/c2ccc3c(c2)OCO3)SC1=S)NNC(=O)c1cccc([N+](=O)[O-])c1. The molecule has 0 unspecified atom stereocenters. The molecule has 0 spiro atoms. The number of benzene rings is 2. The van der Waals surface area contributed by atoms with Crippen molar-refractivity contribution in [3.8, 4) is 11.5 Å². The number of nitrogens with zero attached hydrogens (tertiary/aromatic N) is 2. The van der Waals surface area contributed by atoms with E-state index in [0.717, 1.165) is 11.6 Å². The van der Waals surface area contributed by atoms with Crippen LogP contribution in [-0.2, 0) is 9.59 Å². The van der Waals surface area contributed by atoms with Gasteiger partial charge in [-0.05, 0) is 36.3 Å². The van der Waals surface area contributed by atoms with Crippen molar-refractivity contribution in [1.29, 1.82) is 0 Å². The number of carbonyl (C=O) groups is 3. The number of rotatable bonds is 7. The summed E-state index contributed by atoms with van der Waals surface area (Å²) in [7, 11) is 0. The summed E-state index contributed by atoms with van der Waals surface area (Å²) in [6.45, 7) is 0.391. The van der Waals surface area contributed by atoms with Crippen molar-refractivity contribution in [3.05, 3.63) is 68.6 Å². The van der Waals surface area contributed by atoms with Crippen LogP contribution < -0.4 is 20.3 Å². The molecule has 2 heterocycles. The largest absolute Gasteiger partial charge is 0.454 e. The Balaban J connectivity index is 1.25. The molecule has 0 aromatic heterocycles. The van der Waals surface area contributed by atoms with E-state index in [2.05, 4.69) is 10.9 Å². The topological polar surface area (TPSA) is 140 Å². The predicted molar refractivity (Wildman–Crippen MR) is 130 cm³/mol. The van der Waals surface area contributed by atoms with E-state index < -0.39 is 16.7 Å². The molecular weight excluding hydrogens is 496 g/mol. The van der Waals surface area contributed by atoms with Crippen LogP contribution in [-0.4, -0.2) is 45.2 Å². The van der Waals surface area contributed by atoms with Gasteiger partial charge in [-0.3, -0.25) is 40.2 Å². The van der Waals surface area contributed by atoms with Crippen molar-refractivity contribution in [2.75, 3.05) is 13.3 Å². The van der Waals surface area contributed by atoms with Crippen LogP contribution in [0, 0.1) is 10.1 Å². The Hall–Kier alpha value is -3.97. The van der Waals surface area contributed by atoms with Crippen LogP contribution in [0.3, 0.4) is 0 Å². The summed E-state index contributed by atoms with van der Waals surface area (Å²) >= 11 is 6.49. The van der Waals surface area contributed by atoms with Gasteiger partial charge in [0, 0.05) is 30.7 Å². The van der Waals surface area contributed by atoms with Gasteiger partial charge in [-0.1, -0.05) is 36.1 Å². The van der Waals surface area contributed by atoms with Crippen molar-refractivity contribution >= 4 is 57.8 Å². The molecule has 0 bridgehead atoms. The van der Waals surface area contributed by atoms with Crippen molar-refractivity contribution in [1.82, 2.24) is 15.8 Å². The van der Waals surface area contributed by atoms with E-state index in [1.807, 2.05) is 6.07 Å². The second-order valence-electron chi connectivity index (χ2n) is 7.36. The van der Waals surface area contributed by atoms with Gasteiger partial charge < -0.3 is 9.47 Å². The number of hydrogen-bond acceptors (Lipinski definition) is 9. The number of nitro groups is 1. The van der Waals surface area contributed by atoms with Crippen molar-refractivity contribution < 1.29 is 28.8 Å². The highest BCUT2D eigenvalue weighted by atomic mass is 32.2. The molecule has 1 saturated heterocycles. The zero-order valence-corrected chi connectivity index (χ0v) is 19.6. The Morgan fingerprint density at radius 1 is 1.17 bits per heavy atom. The molecule has 0 aliphatic carbocycles. The van der Waals surface area contributed by atoms with E-state index >= 15 is 0 Å².